The van der Waals surface area contributed by atoms with Crippen molar-refractivity contribution < 1.29 is 13.9 Å². The summed E-state index contributed by atoms with van der Waals surface area (Å²) in [4.78, 5) is 11.9. The summed E-state index contributed by atoms with van der Waals surface area (Å²) < 4.78 is 11.6. The van der Waals surface area contributed by atoms with E-state index in [9.17, 15) is 4.79 Å². The lowest BCUT2D eigenvalue weighted by Crippen LogP contribution is -2.25. The summed E-state index contributed by atoms with van der Waals surface area (Å²) in [7, 11) is 0. The van der Waals surface area contributed by atoms with Crippen LogP contribution in [-0.4, -0.2) is 18.2 Å². The summed E-state index contributed by atoms with van der Waals surface area (Å²) in [5.41, 5.74) is 3.03. The first-order chi connectivity index (χ1) is 11.6. The Bertz CT molecular complexity index is 888. The molecule has 0 aliphatic heterocycles. The Morgan fingerprint density at radius 1 is 1.21 bits per heavy atom. The zero-order chi connectivity index (χ0) is 16.9. The Labute approximate surface area is 147 Å². The molecule has 0 spiro atoms. The number of nitrogens with zero attached hydrogens (tertiary/aromatic N) is 1. The number of furan rings is 1. The van der Waals surface area contributed by atoms with Crippen LogP contribution >= 0.6 is 15.9 Å². The highest BCUT2D eigenvalue weighted by atomic mass is 79.9. The van der Waals surface area contributed by atoms with Gasteiger partial charge in [-0.25, -0.2) is 5.43 Å². The second-order valence-electron chi connectivity index (χ2n) is 5.10. The monoisotopic (exact) mass is 386 g/mol. The molecule has 122 valence electrons. The predicted molar refractivity (Wildman–Crippen MR) is 96.2 cm³/mol. The third-order valence-corrected chi connectivity index (χ3v) is 4.23. The average molecular weight is 387 g/mol. The van der Waals surface area contributed by atoms with Crippen molar-refractivity contribution in [2.45, 2.75) is 6.92 Å². The van der Waals surface area contributed by atoms with Crippen molar-refractivity contribution in [3.63, 3.8) is 0 Å². The van der Waals surface area contributed by atoms with E-state index in [-0.39, 0.29) is 12.5 Å². The smallest absolute Gasteiger partial charge is 0.277 e. The second kappa shape index (κ2) is 7.31. The van der Waals surface area contributed by atoms with Crippen LogP contribution in [0.4, 0.5) is 0 Å². The number of hydrogen-bond acceptors (Lipinski definition) is 4. The number of amides is 1. The van der Waals surface area contributed by atoms with Crippen LogP contribution < -0.4 is 10.2 Å². The lowest BCUT2D eigenvalue weighted by molar-refractivity contribution is -0.123. The Balaban J connectivity index is 1.62. The van der Waals surface area contributed by atoms with Crippen LogP contribution in [0.25, 0.3) is 10.8 Å². The molecule has 5 nitrogen and oxygen atoms in total. The molecule has 0 atom stereocenters. The highest BCUT2D eigenvalue weighted by molar-refractivity contribution is 9.10. The Kier molecular flexibility index (Phi) is 4.96. The molecule has 1 amide bonds. The zero-order valence-electron chi connectivity index (χ0n) is 13.0. The van der Waals surface area contributed by atoms with Gasteiger partial charge in [-0.3, -0.25) is 4.79 Å². The van der Waals surface area contributed by atoms with E-state index in [0.29, 0.717) is 17.2 Å². The number of ether oxygens (including phenoxy) is 1. The number of fused-ring (bicyclic) bond motifs is 1. The van der Waals surface area contributed by atoms with Gasteiger partial charge in [0, 0.05) is 0 Å². The van der Waals surface area contributed by atoms with E-state index in [2.05, 4.69) is 26.5 Å². The highest BCUT2D eigenvalue weighted by Crippen LogP contribution is 2.32. The molecular formula is C18H15BrN2O3. The molecule has 0 fully saturated rings. The van der Waals surface area contributed by atoms with Crippen LogP contribution in [0.1, 0.15) is 12.7 Å². The summed E-state index contributed by atoms with van der Waals surface area (Å²) >= 11 is 3.52. The molecule has 1 heterocycles. The number of rotatable bonds is 5. The molecule has 6 heteroatoms. The van der Waals surface area contributed by atoms with Gasteiger partial charge in [-0.2, -0.15) is 5.10 Å². The van der Waals surface area contributed by atoms with Gasteiger partial charge >= 0.3 is 0 Å². The SMILES string of the molecule is CC(=NNC(=O)COc1ccc2ccccc2c1Br)c1ccco1. The van der Waals surface area contributed by atoms with E-state index in [4.69, 9.17) is 9.15 Å². The van der Waals surface area contributed by atoms with Crippen molar-refractivity contribution in [2.75, 3.05) is 6.61 Å². The first-order valence-electron chi connectivity index (χ1n) is 7.32. The average Bonchev–Trinajstić information content (AvgIpc) is 3.14. The Morgan fingerprint density at radius 2 is 2.04 bits per heavy atom. The molecule has 0 saturated heterocycles. The molecule has 24 heavy (non-hydrogen) atoms. The topological polar surface area (TPSA) is 63.8 Å². The van der Waals surface area contributed by atoms with Gasteiger partial charge in [0.15, 0.2) is 6.61 Å². The van der Waals surface area contributed by atoms with E-state index in [1.54, 1.807) is 25.3 Å². The molecule has 0 aliphatic carbocycles. The lowest BCUT2D eigenvalue weighted by atomic mass is 10.1. The Hall–Kier alpha value is -2.60. The number of carbonyl (C=O) groups is 1. The summed E-state index contributed by atoms with van der Waals surface area (Å²) in [5.74, 6) is 0.866. The maximum absolute atomic E-state index is 11.9. The number of carbonyl (C=O) groups excluding carboxylic acids is 1. The van der Waals surface area contributed by atoms with Gasteiger partial charge in [0.05, 0.1) is 10.7 Å². The molecule has 3 rings (SSSR count). The number of benzene rings is 2. The molecule has 0 bridgehead atoms. The standard InChI is InChI=1S/C18H15BrN2O3/c1-12(15-7-4-10-23-15)20-21-17(22)11-24-16-9-8-13-5-2-3-6-14(13)18(16)19/h2-10H,11H2,1H3,(H,21,22). The minimum Gasteiger partial charge on any atom is -0.483 e. The number of halogens is 1. The van der Waals surface area contributed by atoms with Gasteiger partial charge in [-0.1, -0.05) is 30.3 Å². The summed E-state index contributed by atoms with van der Waals surface area (Å²) in [6.45, 7) is 1.62. The first kappa shape index (κ1) is 16.3. The summed E-state index contributed by atoms with van der Waals surface area (Å²) in [6.07, 6.45) is 1.55. The van der Waals surface area contributed by atoms with Crippen molar-refractivity contribution in [3.05, 3.63) is 65.0 Å². The van der Waals surface area contributed by atoms with Crippen LogP contribution in [0.15, 0.2) is 68.8 Å². The predicted octanol–water partition coefficient (Wildman–Crippen LogP) is 4.11. The molecular weight excluding hydrogens is 372 g/mol. The van der Waals surface area contributed by atoms with E-state index < -0.39 is 0 Å². The molecule has 2 aromatic carbocycles. The van der Waals surface area contributed by atoms with E-state index in [1.807, 2.05) is 36.4 Å². The largest absolute Gasteiger partial charge is 0.483 e. The van der Waals surface area contributed by atoms with Crippen molar-refractivity contribution in [3.8, 4) is 5.75 Å². The molecule has 0 saturated carbocycles. The molecule has 1 aromatic heterocycles. The van der Waals surface area contributed by atoms with E-state index >= 15 is 0 Å². The minimum absolute atomic E-state index is 0.133. The Morgan fingerprint density at radius 3 is 2.83 bits per heavy atom. The van der Waals surface area contributed by atoms with Crippen LogP contribution in [0, 0.1) is 0 Å². The summed E-state index contributed by atoms with van der Waals surface area (Å²) in [5, 5.41) is 6.11. The minimum atomic E-state index is -0.346. The van der Waals surface area contributed by atoms with Crippen LogP contribution in [0.2, 0.25) is 0 Å². The highest BCUT2D eigenvalue weighted by Gasteiger charge is 2.08. The fraction of sp³-hybridized carbons (Fsp3) is 0.111. The quantitative estimate of drug-likeness (QED) is 0.529. The lowest BCUT2D eigenvalue weighted by Gasteiger charge is -2.09. The van der Waals surface area contributed by atoms with Gasteiger partial charge in [0.25, 0.3) is 5.91 Å². The van der Waals surface area contributed by atoms with Gasteiger partial charge in [0.2, 0.25) is 0 Å². The first-order valence-corrected chi connectivity index (χ1v) is 8.11. The fourth-order valence-electron chi connectivity index (χ4n) is 2.19. The van der Waals surface area contributed by atoms with Gasteiger partial charge in [0.1, 0.15) is 17.2 Å². The molecule has 0 unspecified atom stereocenters. The van der Waals surface area contributed by atoms with Crippen LogP contribution in [0.3, 0.4) is 0 Å². The maximum Gasteiger partial charge on any atom is 0.277 e. The second-order valence-corrected chi connectivity index (χ2v) is 5.89. The van der Waals surface area contributed by atoms with E-state index in [1.165, 1.54) is 0 Å². The number of nitrogens with one attached hydrogen (secondary N) is 1. The summed E-state index contributed by atoms with van der Waals surface area (Å²) in [6, 6.07) is 15.2. The van der Waals surface area contributed by atoms with Crippen molar-refractivity contribution in [1.29, 1.82) is 0 Å². The zero-order valence-corrected chi connectivity index (χ0v) is 14.5. The van der Waals surface area contributed by atoms with Crippen LogP contribution in [-0.2, 0) is 4.79 Å². The molecule has 3 aromatic rings. The number of hydrazone groups is 1. The van der Waals surface area contributed by atoms with Crippen LogP contribution in [0.5, 0.6) is 5.75 Å². The number of hydrogen-bond donors (Lipinski definition) is 1. The van der Waals surface area contributed by atoms with Gasteiger partial charge in [-0.05, 0) is 51.8 Å². The van der Waals surface area contributed by atoms with Gasteiger partial charge in [-0.15, -0.1) is 0 Å². The third-order valence-electron chi connectivity index (χ3n) is 3.41. The third kappa shape index (κ3) is 3.65. The molecule has 0 aliphatic rings. The van der Waals surface area contributed by atoms with Gasteiger partial charge < -0.3 is 9.15 Å². The van der Waals surface area contributed by atoms with E-state index in [0.717, 1.165) is 15.2 Å². The maximum atomic E-state index is 11.9. The normalized spacial score (nSPS) is 11.5. The van der Waals surface area contributed by atoms with Crippen molar-refractivity contribution in [1.82, 2.24) is 5.43 Å². The molecule has 1 N–H and O–H groups in total. The van der Waals surface area contributed by atoms with Crippen molar-refractivity contribution >= 4 is 38.3 Å². The van der Waals surface area contributed by atoms with Crippen molar-refractivity contribution in [2.24, 2.45) is 5.10 Å². The fourth-order valence-corrected chi connectivity index (χ4v) is 2.79. The molecule has 0 radical (unpaired) electrons.